The number of esters is 4. The van der Waals surface area contributed by atoms with Crippen LogP contribution in [-0.2, 0) is 65.4 Å². The molecule has 17 nitrogen and oxygen atoms in total. The molecule has 0 aliphatic rings. The van der Waals surface area contributed by atoms with Crippen LogP contribution in [0.1, 0.15) is 356 Å². The van der Waals surface area contributed by atoms with E-state index in [2.05, 4.69) is 41.5 Å². The molecule has 19 heteroatoms. The average Bonchev–Trinajstić information content (AvgIpc) is 3.67. The number of carbonyl (C=O) groups is 4. The summed E-state index contributed by atoms with van der Waals surface area (Å²) in [5, 5.41) is 10.6. The van der Waals surface area contributed by atoms with E-state index in [-0.39, 0.29) is 25.7 Å². The monoisotopic (exact) mass is 1310 g/mol. The highest BCUT2D eigenvalue weighted by atomic mass is 31.2. The van der Waals surface area contributed by atoms with Gasteiger partial charge in [0, 0.05) is 25.7 Å². The first-order valence-electron chi connectivity index (χ1n) is 36.5. The Morgan fingerprint density at radius 3 is 0.854 bits per heavy atom. The molecule has 0 aromatic carbocycles. The maximum atomic E-state index is 13.0. The second kappa shape index (κ2) is 62.2. The van der Waals surface area contributed by atoms with Crippen molar-refractivity contribution in [2.75, 3.05) is 39.6 Å². The molecule has 0 saturated heterocycles. The van der Waals surface area contributed by atoms with E-state index in [9.17, 15) is 43.2 Å². The van der Waals surface area contributed by atoms with E-state index in [4.69, 9.17) is 37.0 Å². The summed E-state index contributed by atoms with van der Waals surface area (Å²) in [4.78, 5) is 72.5. The van der Waals surface area contributed by atoms with Crippen LogP contribution in [0.5, 0.6) is 0 Å². The van der Waals surface area contributed by atoms with Gasteiger partial charge in [0.05, 0.1) is 26.4 Å². The topological polar surface area (TPSA) is 237 Å². The normalized spacial score (nSPS) is 14.4. The smallest absolute Gasteiger partial charge is 0.462 e. The zero-order valence-electron chi connectivity index (χ0n) is 57.7. The van der Waals surface area contributed by atoms with E-state index in [1.54, 1.807) is 0 Å². The van der Waals surface area contributed by atoms with Crippen molar-refractivity contribution in [3.63, 3.8) is 0 Å². The Bertz CT molecular complexity index is 1740. The Kier molecular flexibility index (Phi) is 60.8. The molecule has 0 amide bonds. The Morgan fingerprint density at radius 1 is 0.326 bits per heavy atom. The lowest BCUT2D eigenvalue weighted by Gasteiger charge is -2.21. The SMILES string of the molecule is CCCCCCCCCCCCCCCCC(=O)OC[C@H](COP(=O)(O)OC[C@@H](O)COP(=O)(O)OC[C@@H](COC(=O)CCCCCCCCC(C)C)OC(=O)CCCCCCCCCCCCCC)OC(=O)CCCCCCCCCCCCC(C)CC. The summed E-state index contributed by atoms with van der Waals surface area (Å²) >= 11 is 0. The second-order valence-corrected chi connectivity index (χ2v) is 28.9. The number of hydrogen-bond acceptors (Lipinski definition) is 15. The quantitative estimate of drug-likeness (QED) is 0.0222. The Balaban J connectivity index is 5.25. The van der Waals surface area contributed by atoms with Crippen LogP contribution in [-0.4, -0.2) is 96.7 Å². The number of ether oxygens (including phenoxy) is 4. The van der Waals surface area contributed by atoms with Gasteiger partial charge in [-0.25, -0.2) is 9.13 Å². The van der Waals surface area contributed by atoms with Crippen molar-refractivity contribution in [1.29, 1.82) is 0 Å². The predicted molar refractivity (Wildman–Crippen MR) is 358 cm³/mol. The standard InChI is InChI=1S/C70H136O17P2/c1-7-10-12-14-16-18-20-22-23-25-29-33-40-46-52-67(72)80-58-65(86-70(75)55-49-43-35-31-27-26-28-32-39-45-51-63(6)9-3)60-84-88(76,77)82-56-64(71)57-83-89(78,79)85-61-66(59-81-68(73)53-47-41-37-36-38-44-50-62(4)5)87-69(74)54-48-42-34-30-24-21-19-17-15-13-11-8-2/h62-66,71H,7-61H2,1-6H3,(H,76,77)(H,78,79)/t63?,64-,65-,66-/m1/s1. The first-order valence-corrected chi connectivity index (χ1v) is 39.5. The van der Waals surface area contributed by atoms with E-state index < -0.39 is 97.5 Å². The Hall–Kier alpha value is -1.94. The lowest BCUT2D eigenvalue weighted by Crippen LogP contribution is -2.30. The van der Waals surface area contributed by atoms with Crippen LogP contribution in [0.4, 0.5) is 0 Å². The maximum Gasteiger partial charge on any atom is 0.472 e. The van der Waals surface area contributed by atoms with Crippen LogP contribution in [0.25, 0.3) is 0 Å². The predicted octanol–water partition coefficient (Wildman–Crippen LogP) is 20.0. The van der Waals surface area contributed by atoms with Gasteiger partial charge in [-0.1, -0.05) is 305 Å². The van der Waals surface area contributed by atoms with Crippen molar-refractivity contribution in [2.45, 2.75) is 374 Å². The van der Waals surface area contributed by atoms with E-state index in [1.165, 1.54) is 167 Å². The van der Waals surface area contributed by atoms with Gasteiger partial charge in [0.25, 0.3) is 0 Å². The third kappa shape index (κ3) is 63.2. The van der Waals surface area contributed by atoms with E-state index in [0.717, 1.165) is 102 Å². The van der Waals surface area contributed by atoms with Gasteiger partial charge in [0.2, 0.25) is 0 Å². The van der Waals surface area contributed by atoms with Crippen molar-refractivity contribution >= 4 is 39.5 Å². The zero-order valence-corrected chi connectivity index (χ0v) is 59.5. The molecule has 3 unspecified atom stereocenters. The number of rotatable bonds is 69. The number of hydrogen-bond donors (Lipinski definition) is 3. The maximum absolute atomic E-state index is 13.0. The summed E-state index contributed by atoms with van der Waals surface area (Å²) in [6.45, 7) is 9.49. The molecular weight excluding hydrogens is 1170 g/mol. The van der Waals surface area contributed by atoms with Crippen LogP contribution < -0.4 is 0 Å². The van der Waals surface area contributed by atoms with Gasteiger partial charge in [-0.15, -0.1) is 0 Å². The van der Waals surface area contributed by atoms with Crippen molar-refractivity contribution in [3.8, 4) is 0 Å². The van der Waals surface area contributed by atoms with E-state index in [0.29, 0.717) is 31.6 Å². The van der Waals surface area contributed by atoms with Gasteiger partial charge in [-0.3, -0.25) is 37.3 Å². The van der Waals surface area contributed by atoms with Crippen LogP contribution in [0.3, 0.4) is 0 Å². The third-order valence-corrected chi connectivity index (χ3v) is 18.5. The number of unbranched alkanes of at least 4 members (excludes halogenated alkanes) is 38. The molecule has 89 heavy (non-hydrogen) atoms. The summed E-state index contributed by atoms with van der Waals surface area (Å²) in [5.74, 6) is -0.641. The third-order valence-electron chi connectivity index (χ3n) is 16.6. The highest BCUT2D eigenvalue weighted by Gasteiger charge is 2.30. The zero-order chi connectivity index (χ0) is 65.7. The number of carbonyl (C=O) groups excluding carboxylic acids is 4. The van der Waals surface area contributed by atoms with Crippen molar-refractivity contribution < 1.29 is 80.2 Å². The van der Waals surface area contributed by atoms with Crippen LogP contribution in [0.2, 0.25) is 0 Å². The fourth-order valence-corrected chi connectivity index (χ4v) is 12.1. The number of aliphatic hydroxyl groups excluding tert-OH is 1. The van der Waals surface area contributed by atoms with E-state index in [1.807, 2.05) is 0 Å². The molecule has 528 valence electrons. The molecule has 0 aromatic heterocycles. The van der Waals surface area contributed by atoms with Gasteiger partial charge in [-0.2, -0.15) is 0 Å². The lowest BCUT2D eigenvalue weighted by atomic mass is 9.99. The summed E-state index contributed by atoms with van der Waals surface area (Å²) in [7, 11) is -9.90. The molecular formula is C70H136O17P2. The molecule has 6 atom stereocenters. The fraction of sp³-hybridized carbons (Fsp3) is 0.943. The van der Waals surface area contributed by atoms with Crippen LogP contribution in [0, 0.1) is 11.8 Å². The molecule has 0 bridgehead atoms. The molecule has 3 N–H and O–H groups in total. The molecule has 0 aliphatic heterocycles. The average molecular weight is 1310 g/mol. The molecule has 0 spiro atoms. The Morgan fingerprint density at radius 2 is 0.573 bits per heavy atom. The van der Waals surface area contributed by atoms with Crippen LogP contribution >= 0.6 is 15.6 Å². The molecule has 0 rings (SSSR count). The first kappa shape index (κ1) is 87.1. The molecule has 0 heterocycles. The van der Waals surface area contributed by atoms with Crippen molar-refractivity contribution in [2.24, 2.45) is 11.8 Å². The Labute approximate surface area is 543 Å². The van der Waals surface area contributed by atoms with Gasteiger partial charge in [-0.05, 0) is 37.5 Å². The van der Waals surface area contributed by atoms with E-state index >= 15 is 0 Å². The van der Waals surface area contributed by atoms with Crippen molar-refractivity contribution in [1.82, 2.24) is 0 Å². The van der Waals surface area contributed by atoms with Crippen LogP contribution in [0.15, 0.2) is 0 Å². The van der Waals surface area contributed by atoms with Gasteiger partial charge in [0.15, 0.2) is 12.2 Å². The minimum atomic E-state index is -4.95. The number of aliphatic hydroxyl groups is 1. The second-order valence-electron chi connectivity index (χ2n) is 26.0. The highest BCUT2D eigenvalue weighted by Crippen LogP contribution is 2.45. The molecule has 0 fully saturated rings. The molecule has 0 saturated carbocycles. The summed E-state index contributed by atoms with van der Waals surface area (Å²) in [5.41, 5.74) is 0. The molecule has 0 aromatic rings. The minimum Gasteiger partial charge on any atom is -0.462 e. The molecule has 0 aliphatic carbocycles. The minimum absolute atomic E-state index is 0.106. The van der Waals surface area contributed by atoms with Gasteiger partial charge in [0.1, 0.15) is 19.3 Å². The molecule has 0 radical (unpaired) electrons. The number of phosphoric acid groups is 2. The summed E-state index contributed by atoms with van der Waals surface area (Å²) < 4.78 is 68.3. The first-order chi connectivity index (χ1) is 42.9. The van der Waals surface area contributed by atoms with Gasteiger partial charge < -0.3 is 33.8 Å². The largest absolute Gasteiger partial charge is 0.472 e. The summed E-state index contributed by atoms with van der Waals surface area (Å²) in [6.07, 6.45) is 47.1. The van der Waals surface area contributed by atoms with Gasteiger partial charge >= 0.3 is 39.5 Å². The fourth-order valence-electron chi connectivity index (χ4n) is 10.6. The number of phosphoric ester groups is 2. The highest BCUT2D eigenvalue weighted by molar-refractivity contribution is 7.47. The lowest BCUT2D eigenvalue weighted by molar-refractivity contribution is -0.161. The van der Waals surface area contributed by atoms with Crippen molar-refractivity contribution in [3.05, 3.63) is 0 Å². The summed E-state index contributed by atoms with van der Waals surface area (Å²) in [6, 6.07) is 0.